The van der Waals surface area contributed by atoms with Crippen LogP contribution in [0.15, 0.2) is 18.2 Å². The Labute approximate surface area is 124 Å². The number of para-hydroxylation sites is 1. The maximum Gasteiger partial charge on any atom is 0.201 e. The summed E-state index contributed by atoms with van der Waals surface area (Å²) in [4.78, 5) is 6.94. The summed E-state index contributed by atoms with van der Waals surface area (Å²) in [6.07, 6.45) is 3.96. The molecule has 1 aliphatic rings. The number of nitrogen functional groups attached to an aromatic ring is 1. The van der Waals surface area contributed by atoms with E-state index in [1.807, 2.05) is 18.2 Å². The number of hydrogen-bond donors (Lipinski definition) is 1. The Bertz CT molecular complexity index is 601. The average molecular weight is 293 g/mol. The first kappa shape index (κ1) is 13.7. The van der Waals surface area contributed by atoms with Crippen LogP contribution < -0.4 is 5.73 Å². The predicted molar refractivity (Wildman–Crippen MR) is 84.0 cm³/mol. The van der Waals surface area contributed by atoms with E-state index in [-0.39, 0.29) is 0 Å². The van der Waals surface area contributed by atoms with Crippen LogP contribution in [0.4, 0.5) is 5.95 Å². The summed E-state index contributed by atoms with van der Waals surface area (Å²) >= 11 is 6.19. The number of piperidine rings is 1. The number of halogens is 1. The van der Waals surface area contributed by atoms with E-state index in [4.69, 9.17) is 17.3 Å². The van der Waals surface area contributed by atoms with E-state index >= 15 is 0 Å². The molecule has 0 spiro atoms. The van der Waals surface area contributed by atoms with Gasteiger partial charge in [0.05, 0.1) is 10.5 Å². The summed E-state index contributed by atoms with van der Waals surface area (Å²) < 4.78 is 2.08. The number of fused-ring (bicyclic) bond motifs is 1. The van der Waals surface area contributed by atoms with Crippen molar-refractivity contribution >= 4 is 28.6 Å². The van der Waals surface area contributed by atoms with Crippen LogP contribution in [0.2, 0.25) is 5.02 Å². The van der Waals surface area contributed by atoms with Gasteiger partial charge in [0.15, 0.2) is 0 Å². The van der Waals surface area contributed by atoms with E-state index in [0.717, 1.165) is 17.6 Å². The van der Waals surface area contributed by atoms with Gasteiger partial charge in [0.2, 0.25) is 5.95 Å². The lowest BCUT2D eigenvalue weighted by atomic mass is 10.1. The quantitative estimate of drug-likeness (QED) is 0.945. The van der Waals surface area contributed by atoms with Crippen molar-refractivity contribution in [2.45, 2.75) is 38.8 Å². The summed E-state index contributed by atoms with van der Waals surface area (Å²) in [6, 6.07) is 6.31. The Morgan fingerprint density at radius 1 is 1.30 bits per heavy atom. The molecule has 0 bridgehead atoms. The standard InChI is InChI=1S/C15H21ClN4/c1-11(19-8-3-2-4-9-19)10-20-13-7-5-6-12(16)14(13)18-15(20)17/h5-7,11H,2-4,8-10H2,1H3,(H2,17,18). The van der Waals surface area contributed by atoms with Crippen molar-refractivity contribution in [3.63, 3.8) is 0 Å². The van der Waals surface area contributed by atoms with Gasteiger partial charge in [0, 0.05) is 12.6 Å². The Morgan fingerprint density at radius 2 is 2.05 bits per heavy atom. The van der Waals surface area contributed by atoms with Crippen molar-refractivity contribution in [2.75, 3.05) is 18.8 Å². The Balaban J connectivity index is 1.86. The monoisotopic (exact) mass is 292 g/mol. The van der Waals surface area contributed by atoms with E-state index in [9.17, 15) is 0 Å². The molecule has 1 aromatic carbocycles. The van der Waals surface area contributed by atoms with Gasteiger partial charge in [-0.25, -0.2) is 4.98 Å². The summed E-state index contributed by atoms with van der Waals surface area (Å²) in [7, 11) is 0. The highest BCUT2D eigenvalue weighted by atomic mass is 35.5. The van der Waals surface area contributed by atoms with Gasteiger partial charge in [0.25, 0.3) is 0 Å². The first-order valence-electron chi connectivity index (χ1n) is 7.31. The van der Waals surface area contributed by atoms with Crippen LogP contribution in [0, 0.1) is 0 Å². The van der Waals surface area contributed by atoms with Crippen molar-refractivity contribution in [3.8, 4) is 0 Å². The summed E-state index contributed by atoms with van der Waals surface area (Å²) in [6.45, 7) is 5.51. The van der Waals surface area contributed by atoms with E-state index in [0.29, 0.717) is 17.0 Å². The lowest BCUT2D eigenvalue weighted by Gasteiger charge is -2.32. The number of nitrogens with zero attached hydrogens (tertiary/aromatic N) is 3. The van der Waals surface area contributed by atoms with Crippen molar-refractivity contribution in [1.29, 1.82) is 0 Å². The third kappa shape index (κ3) is 2.50. The highest BCUT2D eigenvalue weighted by molar-refractivity contribution is 6.35. The molecule has 1 aromatic heterocycles. The fraction of sp³-hybridized carbons (Fsp3) is 0.533. The molecule has 2 heterocycles. The van der Waals surface area contributed by atoms with Gasteiger partial charge in [-0.2, -0.15) is 0 Å². The van der Waals surface area contributed by atoms with E-state index < -0.39 is 0 Å². The first-order chi connectivity index (χ1) is 9.66. The number of hydrogen-bond acceptors (Lipinski definition) is 3. The summed E-state index contributed by atoms with van der Waals surface area (Å²) in [5.74, 6) is 0.553. The molecule has 1 unspecified atom stereocenters. The smallest absolute Gasteiger partial charge is 0.201 e. The number of aromatic nitrogens is 2. The second kappa shape index (κ2) is 5.62. The van der Waals surface area contributed by atoms with Gasteiger partial charge < -0.3 is 10.3 Å². The number of nitrogens with two attached hydrogens (primary N) is 1. The number of benzene rings is 1. The van der Waals surface area contributed by atoms with E-state index in [1.165, 1.54) is 32.4 Å². The van der Waals surface area contributed by atoms with Crippen LogP contribution in [0.3, 0.4) is 0 Å². The van der Waals surface area contributed by atoms with Crippen LogP contribution in [0.25, 0.3) is 11.0 Å². The molecule has 1 fully saturated rings. The second-order valence-corrected chi connectivity index (χ2v) is 6.04. The van der Waals surface area contributed by atoms with Crippen molar-refractivity contribution in [3.05, 3.63) is 23.2 Å². The van der Waals surface area contributed by atoms with Crippen LogP contribution in [-0.4, -0.2) is 33.6 Å². The van der Waals surface area contributed by atoms with Gasteiger partial charge in [0.1, 0.15) is 5.52 Å². The van der Waals surface area contributed by atoms with Crippen molar-refractivity contribution < 1.29 is 0 Å². The molecule has 1 atom stereocenters. The predicted octanol–water partition coefficient (Wildman–Crippen LogP) is 3.15. The molecule has 1 saturated heterocycles. The molecule has 0 amide bonds. The van der Waals surface area contributed by atoms with Crippen molar-refractivity contribution in [2.24, 2.45) is 0 Å². The molecule has 1 aliphatic heterocycles. The zero-order chi connectivity index (χ0) is 14.1. The average Bonchev–Trinajstić information content (AvgIpc) is 2.78. The molecule has 2 aromatic rings. The van der Waals surface area contributed by atoms with Crippen LogP contribution in [-0.2, 0) is 6.54 Å². The second-order valence-electron chi connectivity index (χ2n) is 5.63. The van der Waals surface area contributed by atoms with Crippen molar-refractivity contribution in [1.82, 2.24) is 14.5 Å². The Morgan fingerprint density at radius 3 is 2.80 bits per heavy atom. The van der Waals surface area contributed by atoms with E-state index in [1.54, 1.807) is 0 Å². The molecule has 5 heteroatoms. The zero-order valence-electron chi connectivity index (χ0n) is 11.8. The Hall–Kier alpha value is -1.26. The highest BCUT2D eigenvalue weighted by Crippen LogP contribution is 2.26. The fourth-order valence-corrected chi connectivity index (χ4v) is 3.27. The number of imidazole rings is 1. The third-order valence-corrected chi connectivity index (χ3v) is 4.52. The molecule has 108 valence electrons. The molecular formula is C15H21ClN4. The zero-order valence-corrected chi connectivity index (χ0v) is 12.6. The van der Waals surface area contributed by atoms with Crippen LogP contribution >= 0.6 is 11.6 Å². The van der Waals surface area contributed by atoms with E-state index in [2.05, 4.69) is 21.4 Å². The van der Waals surface area contributed by atoms with Gasteiger partial charge in [-0.05, 0) is 45.0 Å². The normalized spacial score (nSPS) is 18.5. The number of rotatable bonds is 3. The molecule has 2 N–H and O–H groups in total. The molecule has 0 aliphatic carbocycles. The molecule has 3 rings (SSSR count). The first-order valence-corrected chi connectivity index (χ1v) is 7.69. The summed E-state index contributed by atoms with van der Waals surface area (Å²) in [5, 5.41) is 0.665. The maximum absolute atomic E-state index is 6.19. The molecule has 4 nitrogen and oxygen atoms in total. The number of anilines is 1. The fourth-order valence-electron chi connectivity index (χ4n) is 3.06. The lowest BCUT2D eigenvalue weighted by Crippen LogP contribution is -2.39. The maximum atomic E-state index is 6.19. The molecular weight excluding hydrogens is 272 g/mol. The van der Waals surface area contributed by atoms with Gasteiger partial charge in [-0.1, -0.05) is 24.1 Å². The molecule has 20 heavy (non-hydrogen) atoms. The minimum Gasteiger partial charge on any atom is -0.369 e. The number of likely N-dealkylation sites (tertiary alicyclic amines) is 1. The van der Waals surface area contributed by atoms with Gasteiger partial charge in [-0.15, -0.1) is 0 Å². The molecule has 0 radical (unpaired) electrons. The minimum absolute atomic E-state index is 0.467. The van der Waals surface area contributed by atoms with Gasteiger partial charge in [-0.3, -0.25) is 4.90 Å². The summed E-state index contributed by atoms with van der Waals surface area (Å²) in [5.41, 5.74) is 7.90. The van der Waals surface area contributed by atoms with Gasteiger partial charge >= 0.3 is 0 Å². The van der Waals surface area contributed by atoms with Crippen LogP contribution in [0.1, 0.15) is 26.2 Å². The topological polar surface area (TPSA) is 47.1 Å². The molecule has 0 saturated carbocycles. The van der Waals surface area contributed by atoms with Crippen LogP contribution in [0.5, 0.6) is 0 Å². The third-order valence-electron chi connectivity index (χ3n) is 4.22. The lowest BCUT2D eigenvalue weighted by molar-refractivity contribution is 0.161. The Kier molecular flexibility index (Phi) is 3.85. The minimum atomic E-state index is 0.467. The highest BCUT2D eigenvalue weighted by Gasteiger charge is 2.19. The largest absolute Gasteiger partial charge is 0.369 e. The SMILES string of the molecule is CC(Cn1c(N)nc2c(Cl)cccc21)N1CCCCC1.